The number of hydrogen-bond acceptors (Lipinski definition) is 5. The van der Waals surface area contributed by atoms with Crippen LogP contribution in [0.1, 0.15) is 17.3 Å². The van der Waals surface area contributed by atoms with Gasteiger partial charge in [-0.25, -0.2) is 13.2 Å². The molecule has 1 aromatic rings. The Labute approximate surface area is 128 Å². The molecular weight excluding hydrogens is 314 g/mol. The molecule has 0 amide bonds. The third-order valence-corrected chi connectivity index (χ3v) is 6.53. The maximum atomic E-state index is 12.8. The summed E-state index contributed by atoms with van der Waals surface area (Å²) in [5.74, 6) is 0.437. The van der Waals surface area contributed by atoms with Gasteiger partial charge in [0, 0.05) is 24.1 Å². The minimum absolute atomic E-state index is 0.0755. The molecule has 1 fully saturated rings. The van der Waals surface area contributed by atoms with Gasteiger partial charge in [0.15, 0.2) is 0 Å². The first-order valence-corrected chi connectivity index (χ1v) is 8.98. The number of benzene rings is 1. The number of thioether (sulfide) groups is 1. The molecule has 1 atom stereocenters. The van der Waals surface area contributed by atoms with Crippen LogP contribution in [0.5, 0.6) is 5.75 Å². The number of methoxy groups -OCH3 is 1. The maximum absolute atomic E-state index is 12.8. The lowest BCUT2D eigenvalue weighted by molar-refractivity contribution is 0.0696. The van der Waals surface area contributed by atoms with Crippen molar-refractivity contribution in [1.82, 2.24) is 4.31 Å². The minimum atomic E-state index is -3.78. The van der Waals surface area contributed by atoms with E-state index in [0.717, 1.165) is 17.6 Å². The van der Waals surface area contributed by atoms with Crippen molar-refractivity contribution in [3.05, 3.63) is 23.8 Å². The van der Waals surface area contributed by atoms with E-state index in [0.29, 0.717) is 6.54 Å². The summed E-state index contributed by atoms with van der Waals surface area (Å²) in [7, 11) is -2.41. The molecule has 1 unspecified atom stereocenters. The summed E-state index contributed by atoms with van der Waals surface area (Å²) in [4.78, 5) is 11.0. The Balaban J connectivity index is 2.52. The molecule has 2 rings (SSSR count). The number of carbonyl (C=O) groups is 1. The van der Waals surface area contributed by atoms with Gasteiger partial charge >= 0.3 is 5.97 Å². The normalized spacial score (nSPS) is 20.2. The van der Waals surface area contributed by atoms with Crippen molar-refractivity contribution in [2.45, 2.75) is 17.9 Å². The van der Waals surface area contributed by atoms with Gasteiger partial charge in [0.05, 0.1) is 12.7 Å². The summed E-state index contributed by atoms with van der Waals surface area (Å²) in [5, 5.41) is 9.05. The zero-order chi connectivity index (χ0) is 15.6. The van der Waals surface area contributed by atoms with E-state index in [9.17, 15) is 13.2 Å². The Kier molecular flexibility index (Phi) is 4.80. The standard InChI is InChI=1S/C13H17NO5S2/c1-9-8-20-6-5-14(9)21(17,18)12-7-10(13(15)16)3-4-11(12)19-2/h3-4,7,9H,5-6,8H2,1-2H3,(H,15,16). The first-order chi connectivity index (χ1) is 9.87. The highest BCUT2D eigenvalue weighted by atomic mass is 32.2. The molecule has 0 bridgehead atoms. The summed E-state index contributed by atoms with van der Waals surface area (Å²) in [5.41, 5.74) is -0.0755. The molecule has 0 aliphatic carbocycles. The number of aromatic carboxylic acids is 1. The summed E-state index contributed by atoms with van der Waals surface area (Å²) in [6.07, 6.45) is 0. The third-order valence-electron chi connectivity index (χ3n) is 3.30. The van der Waals surface area contributed by atoms with E-state index >= 15 is 0 Å². The van der Waals surface area contributed by atoms with Gasteiger partial charge in [0.1, 0.15) is 10.6 Å². The molecule has 0 spiro atoms. The average Bonchev–Trinajstić information content (AvgIpc) is 2.46. The Morgan fingerprint density at radius 2 is 2.19 bits per heavy atom. The van der Waals surface area contributed by atoms with E-state index in [1.807, 2.05) is 6.92 Å². The number of nitrogens with zero attached hydrogens (tertiary/aromatic N) is 1. The van der Waals surface area contributed by atoms with Crippen molar-refractivity contribution >= 4 is 27.8 Å². The van der Waals surface area contributed by atoms with E-state index < -0.39 is 16.0 Å². The van der Waals surface area contributed by atoms with E-state index in [1.54, 1.807) is 11.8 Å². The Morgan fingerprint density at radius 1 is 1.48 bits per heavy atom. The van der Waals surface area contributed by atoms with Crippen LogP contribution in [0.4, 0.5) is 0 Å². The summed E-state index contributed by atoms with van der Waals surface area (Å²) in [6.45, 7) is 2.26. The minimum Gasteiger partial charge on any atom is -0.495 e. The second kappa shape index (κ2) is 6.25. The van der Waals surface area contributed by atoms with Crippen molar-refractivity contribution in [1.29, 1.82) is 0 Å². The van der Waals surface area contributed by atoms with Gasteiger partial charge in [-0.3, -0.25) is 0 Å². The van der Waals surface area contributed by atoms with E-state index in [4.69, 9.17) is 9.84 Å². The highest BCUT2D eigenvalue weighted by molar-refractivity contribution is 7.99. The molecule has 0 radical (unpaired) electrons. The lowest BCUT2D eigenvalue weighted by atomic mass is 10.2. The first-order valence-electron chi connectivity index (χ1n) is 6.39. The summed E-state index contributed by atoms with van der Waals surface area (Å²) < 4.78 is 32.1. The SMILES string of the molecule is COc1ccc(C(=O)O)cc1S(=O)(=O)N1CCSCC1C. The van der Waals surface area contributed by atoms with Crippen molar-refractivity contribution in [2.75, 3.05) is 25.2 Å². The molecule has 0 saturated carbocycles. The van der Waals surface area contributed by atoms with Crippen molar-refractivity contribution < 1.29 is 23.1 Å². The number of carboxylic acids is 1. The highest BCUT2D eigenvalue weighted by Gasteiger charge is 2.33. The first kappa shape index (κ1) is 16.1. The van der Waals surface area contributed by atoms with Crippen LogP contribution >= 0.6 is 11.8 Å². The number of sulfonamides is 1. The quantitative estimate of drug-likeness (QED) is 0.900. The van der Waals surface area contributed by atoms with Crippen LogP contribution in [0.25, 0.3) is 0 Å². The van der Waals surface area contributed by atoms with Gasteiger partial charge in [-0.15, -0.1) is 0 Å². The largest absolute Gasteiger partial charge is 0.495 e. The molecule has 1 aromatic carbocycles. The molecule has 1 N–H and O–H groups in total. The maximum Gasteiger partial charge on any atom is 0.335 e. The number of hydrogen-bond donors (Lipinski definition) is 1. The number of ether oxygens (including phenoxy) is 1. The molecule has 21 heavy (non-hydrogen) atoms. The molecule has 1 heterocycles. The molecule has 8 heteroatoms. The van der Waals surface area contributed by atoms with Crippen LogP contribution in [0.2, 0.25) is 0 Å². The molecular formula is C13H17NO5S2. The lowest BCUT2D eigenvalue weighted by Gasteiger charge is -2.32. The molecule has 1 saturated heterocycles. The van der Waals surface area contributed by atoms with Crippen molar-refractivity contribution in [2.24, 2.45) is 0 Å². The number of carboxylic acid groups (broad SMARTS) is 1. The average molecular weight is 331 g/mol. The monoisotopic (exact) mass is 331 g/mol. The highest BCUT2D eigenvalue weighted by Crippen LogP contribution is 2.31. The van der Waals surface area contributed by atoms with E-state index in [-0.39, 0.29) is 22.3 Å². The summed E-state index contributed by atoms with van der Waals surface area (Å²) in [6, 6.07) is 3.73. The molecule has 116 valence electrons. The zero-order valence-corrected chi connectivity index (χ0v) is 13.4. The fraction of sp³-hybridized carbons (Fsp3) is 0.462. The topological polar surface area (TPSA) is 83.9 Å². The third kappa shape index (κ3) is 3.17. The van der Waals surface area contributed by atoms with Gasteiger partial charge in [0.2, 0.25) is 10.0 Å². The van der Waals surface area contributed by atoms with Crippen molar-refractivity contribution in [3.8, 4) is 5.75 Å². The van der Waals surface area contributed by atoms with Gasteiger partial charge in [-0.05, 0) is 25.1 Å². The second-order valence-electron chi connectivity index (χ2n) is 4.71. The Morgan fingerprint density at radius 3 is 2.76 bits per heavy atom. The Bertz CT molecular complexity index is 644. The smallest absolute Gasteiger partial charge is 0.335 e. The van der Waals surface area contributed by atoms with Crippen LogP contribution in [0.15, 0.2) is 23.1 Å². The molecule has 6 nitrogen and oxygen atoms in total. The van der Waals surface area contributed by atoms with Gasteiger partial charge in [-0.1, -0.05) is 0 Å². The van der Waals surface area contributed by atoms with Crippen LogP contribution in [0, 0.1) is 0 Å². The predicted molar refractivity (Wildman–Crippen MR) is 80.6 cm³/mol. The van der Waals surface area contributed by atoms with Crippen molar-refractivity contribution in [3.63, 3.8) is 0 Å². The summed E-state index contributed by atoms with van der Waals surface area (Å²) >= 11 is 1.70. The fourth-order valence-electron chi connectivity index (χ4n) is 2.21. The van der Waals surface area contributed by atoms with Crippen LogP contribution in [0.3, 0.4) is 0 Å². The van der Waals surface area contributed by atoms with Crippen LogP contribution in [-0.2, 0) is 10.0 Å². The van der Waals surface area contributed by atoms with Gasteiger partial charge < -0.3 is 9.84 Å². The lowest BCUT2D eigenvalue weighted by Crippen LogP contribution is -2.44. The molecule has 1 aliphatic heterocycles. The van der Waals surface area contributed by atoms with E-state index in [1.165, 1.54) is 23.5 Å². The zero-order valence-electron chi connectivity index (χ0n) is 11.8. The second-order valence-corrected chi connectivity index (χ2v) is 7.72. The Hall–Kier alpha value is -1.25. The molecule has 0 aromatic heterocycles. The van der Waals surface area contributed by atoms with E-state index in [2.05, 4.69) is 0 Å². The van der Waals surface area contributed by atoms with Gasteiger partial charge in [-0.2, -0.15) is 16.1 Å². The van der Waals surface area contributed by atoms with Crippen LogP contribution in [-0.4, -0.2) is 55.0 Å². The number of rotatable bonds is 4. The predicted octanol–water partition coefficient (Wildman–Crippen LogP) is 1.52. The molecule has 1 aliphatic rings. The van der Waals surface area contributed by atoms with Gasteiger partial charge in [0.25, 0.3) is 0 Å². The fourth-order valence-corrected chi connectivity index (χ4v) is 5.24. The van der Waals surface area contributed by atoms with Crippen LogP contribution < -0.4 is 4.74 Å².